The van der Waals surface area contributed by atoms with Crippen molar-refractivity contribution in [3.63, 3.8) is 0 Å². The smallest absolute Gasteiger partial charge is 0.306 e. The molecule has 0 aromatic heterocycles. The number of aliphatic hydroxyl groups is 7. The molecule has 0 saturated carbocycles. The Labute approximate surface area is 383 Å². The molecule has 15 heteroatoms. The van der Waals surface area contributed by atoms with E-state index in [-0.39, 0.29) is 26.1 Å². The normalized spacial score (nSPS) is 26.8. The van der Waals surface area contributed by atoms with Gasteiger partial charge < -0.3 is 64.2 Å². The Morgan fingerprint density at radius 1 is 0.484 bits per heavy atom. The summed E-state index contributed by atoms with van der Waals surface area (Å²) in [4.78, 5) is 25.7. The number of rotatable bonds is 38. The minimum absolute atomic E-state index is 0.155. The van der Waals surface area contributed by atoms with E-state index in [1.807, 2.05) is 0 Å². The molecule has 2 unspecified atom stereocenters. The molecular formula is C49H88O15. The lowest BCUT2D eigenvalue weighted by Gasteiger charge is -2.42. The monoisotopic (exact) mass is 917 g/mol. The van der Waals surface area contributed by atoms with Crippen LogP contribution in [0, 0.1) is 0 Å². The van der Waals surface area contributed by atoms with E-state index in [1.54, 1.807) is 0 Å². The van der Waals surface area contributed by atoms with E-state index in [1.165, 1.54) is 64.2 Å². The minimum Gasteiger partial charge on any atom is -0.462 e. The first-order valence-corrected chi connectivity index (χ1v) is 24.9. The molecule has 0 radical (unpaired) electrons. The summed E-state index contributed by atoms with van der Waals surface area (Å²) in [5.41, 5.74) is 0. The highest BCUT2D eigenvalue weighted by Gasteiger charge is 2.47. The van der Waals surface area contributed by atoms with Crippen LogP contribution in [0.3, 0.4) is 0 Å². The van der Waals surface area contributed by atoms with Gasteiger partial charge in [0.2, 0.25) is 0 Å². The fourth-order valence-corrected chi connectivity index (χ4v) is 7.73. The number of allylic oxidation sites excluding steroid dienone is 4. The van der Waals surface area contributed by atoms with Gasteiger partial charge in [-0.25, -0.2) is 0 Å². The predicted molar refractivity (Wildman–Crippen MR) is 243 cm³/mol. The van der Waals surface area contributed by atoms with Gasteiger partial charge in [-0.1, -0.05) is 128 Å². The van der Waals surface area contributed by atoms with Crippen molar-refractivity contribution >= 4 is 11.9 Å². The van der Waals surface area contributed by atoms with Crippen LogP contribution in [0.15, 0.2) is 24.3 Å². The van der Waals surface area contributed by atoms with Crippen molar-refractivity contribution in [1.82, 2.24) is 0 Å². The molecule has 0 aliphatic carbocycles. The molecule has 0 spiro atoms. The van der Waals surface area contributed by atoms with Gasteiger partial charge in [0.05, 0.1) is 19.8 Å². The van der Waals surface area contributed by atoms with Crippen molar-refractivity contribution in [2.75, 3.05) is 26.4 Å². The van der Waals surface area contributed by atoms with Gasteiger partial charge in [0, 0.05) is 12.8 Å². The molecule has 2 aliphatic heterocycles. The van der Waals surface area contributed by atoms with Crippen LogP contribution in [0.25, 0.3) is 0 Å². The number of aliphatic hydroxyl groups excluding tert-OH is 7. The molecule has 0 bridgehead atoms. The summed E-state index contributed by atoms with van der Waals surface area (Å²) in [7, 11) is 0. The molecule has 0 aromatic rings. The molecule has 64 heavy (non-hydrogen) atoms. The van der Waals surface area contributed by atoms with Gasteiger partial charge in [0.15, 0.2) is 18.7 Å². The van der Waals surface area contributed by atoms with Crippen LogP contribution < -0.4 is 0 Å². The van der Waals surface area contributed by atoms with Crippen LogP contribution >= 0.6 is 0 Å². The van der Waals surface area contributed by atoms with Crippen molar-refractivity contribution in [2.24, 2.45) is 0 Å². The molecule has 2 fully saturated rings. The third-order valence-corrected chi connectivity index (χ3v) is 11.9. The first-order chi connectivity index (χ1) is 31.0. The fraction of sp³-hybridized carbons (Fsp3) is 0.878. The van der Waals surface area contributed by atoms with E-state index >= 15 is 0 Å². The summed E-state index contributed by atoms with van der Waals surface area (Å²) >= 11 is 0. The Balaban J connectivity index is 1.83. The molecule has 11 atom stereocenters. The number of esters is 2. The van der Waals surface area contributed by atoms with Crippen molar-refractivity contribution in [1.29, 1.82) is 0 Å². The van der Waals surface area contributed by atoms with Crippen molar-refractivity contribution < 1.29 is 73.8 Å². The van der Waals surface area contributed by atoms with Gasteiger partial charge in [0.1, 0.15) is 55.4 Å². The summed E-state index contributed by atoms with van der Waals surface area (Å²) in [6.07, 6.45) is 19.2. The SMILES string of the molecule is CCCCCC/C=C/CCCCCCCC(=O)OC(COC(=O)CCCCCCC/C=C/CCCCCCCC)CO[C@@H]1O[C@H](COC2O[C@H](CO)[C@H](O)[C@H](O)[C@H]2O)[C@H](O)[C@H](O)[C@H]1O. The molecule has 2 rings (SSSR count). The molecule has 7 N–H and O–H groups in total. The van der Waals surface area contributed by atoms with E-state index < -0.39 is 92.7 Å². The topological polar surface area (TPSA) is 231 Å². The maximum Gasteiger partial charge on any atom is 0.306 e. The fourth-order valence-electron chi connectivity index (χ4n) is 7.73. The average molecular weight is 917 g/mol. The van der Waals surface area contributed by atoms with Gasteiger partial charge in [-0.2, -0.15) is 0 Å². The molecule has 0 aromatic carbocycles. The third kappa shape index (κ3) is 25.2. The Morgan fingerprint density at radius 3 is 1.39 bits per heavy atom. The molecule has 2 aliphatic rings. The number of carbonyl (C=O) groups excluding carboxylic acids is 2. The number of carbonyl (C=O) groups is 2. The van der Waals surface area contributed by atoms with E-state index in [0.29, 0.717) is 12.8 Å². The Kier molecular flexibility index (Phi) is 33.6. The third-order valence-electron chi connectivity index (χ3n) is 11.9. The maximum absolute atomic E-state index is 13.0. The molecule has 2 heterocycles. The molecule has 374 valence electrons. The zero-order valence-electron chi connectivity index (χ0n) is 39.3. The Bertz CT molecular complexity index is 1220. The van der Waals surface area contributed by atoms with Crippen LogP contribution in [-0.2, 0) is 38.0 Å². The lowest BCUT2D eigenvalue weighted by Crippen LogP contribution is -2.61. The Hall–Kier alpha value is -2.02. The zero-order chi connectivity index (χ0) is 46.8. The minimum atomic E-state index is -1.76. The number of unbranched alkanes of at least 4 members (excludes halogenated alkanes) is 20. The van der Waals surface area contributed by atoms with Crippen LogP contribution in [-0.4, -0.2) is 142 Å². The first-order valence-electron chi connectivity index (χ1n) is 24.9. The molecular weight excluding hydrogens is 829 g/mol. The van der Waals surface area contributed by atoms with Gasteiger partial charge >= 0.3 is 11.9 Å². The number of ether oxygens (including phenoxy) is 6. The molecule has 2 saturated heterocycles. The van der Waals surface area contributed by atoms with Gasteiger partial charge in [-0.15, -0.1) is 0 Å². The van der Waals surface area contributed by atoms with Gasteiger partial charge in [-0.05, 0) is 64.2 Å². The van der Waals surface area contributed by atoms with Crippen LogP contribution in [0.1, 0.15) is 181 Å². The van der Waals surface area contributed by atoms with Crippen LogP contribution in [0.4, 0.5) is 0 Å². The second kappa shape index (κ2) is 37.0. The largest absolute Gasteiger partial charge is 0.462 e. The molecule has 15 nitrogen and oxygen atoms in total. The first kappa shape index (κ1) is 58.1. The average Bonchev–Trinajstić information content (AvgIpc) is 3.29. The lowest BCUT2D eigenvalue weighted by atomic mass is 9.98. The van der Waals surface area contributed by atoms with Gasteiger partial charge in [0.25, 0.3) is 0 Å². The summed E-state index contributed by atoms with van der Waals surface area (Å²) in [6, 6.07) is 0. The highest BCUT2D eigenvalue weighted by Crippen LogP contribution is 2.26. The van der Waals surface area contributed by atoms with Crippen molar-refractivity contribution in [3.8, 4) is 0 Å². The van der Waals surface area contributed by atoms with Crippen molar-refractivity contribution in [2.45, 2.75) is 248 Å². The van der Waals surface area contributed by atoms with E-state index in [2.05, 4.69) is 38.2 Å². The second-order valence-corrected chi connectivity index (χ2v) is 17.6. The molecule has 0 amide bonds. The van der Waals surface area contributed by atoms with Crippen molar-refractivity contribution in [3.05, 3.63) is 24.3 Å². The van der Waals surface area contributed by atoms with E-state index in [9.17, 15) is 45.3 Å². The number of hydrogen-bond acceptors (Lipinski definition) is 15. The lowest BCUT2D eigenvalue weighted by molar-refractivity contribution is -0.332. The van der Waals surface area contributed by atoms with E-state index in [4.69, 9.17) is 28.4 Å². The summed E-state index contributed by atoms with van der Waals surface area (Å²) in [5.74, 6) is -0.942. The van der Waals surface area contributed by atoms with Crippen LogP contribution in [0.5, 0.6) is 0 Å². The highest BCUT2D eigenvalue weighted by molar-refractivity contribution is 5.70. The second-order valence-electron chi connectivity index (χ2n) is 17.6. The zero-order valence-corrected chi connectivity index (χ0v) is 39.3. The highest BCUT2D eigenvalue weighted by atomic mass is 16.7. The Morgan fingerprint density at radius 2 is 0.891 bits per heavy atom. The van der Waals surface area contributed by atoms with E-state index in [0.717, 1.165) is 77.0 Å². The van der Waals surface area contributed by atoms with Gasteiger partial charge in [-0.3, -0.25) is 9.59 Å². The number of hydrogen-bond donors (Lipinski definition) is 7. The quantitative estimate of drug-likeness (QED) is 0.0203. The maximum atomic E-state index is 13.0. The summed E-state index contributed by atoms with van der Waals surface area (Å²) in [5, 5.41) is 72.0. The standard InChI is InChI=1S/C49H88O15/c1-3-5-7-9-11-13-15-17-18-20-21-23-25-27-29-31-40(51)59-34-37(62-41(52)32-30-28-26-24-22-19-16-14-12-10-8-6-4-2)35-60-48-47(58)45(56)43(54)39(64-48)36-61-49-46(57)44(55)42(53)38(33-50)63-49/h14,16-18,37-39,42-50,53-58H,3-13,15,19-36H2,1-2H3/b16-14+,18-17+/t37?,38-,39-,42+,43+,44+,45+,46-,47-,48-,49?/m1/s1. The predicted octanol–water partition coefficient (Wildman–Crippen LogP) is 6.38. The van der Waals surface area contributed by atoms with Crippen LogP contribution in [0.2, 0.25) is 0 Å². The summed E-state index contributed by atoms with van der Waals surface area (Å²) < 4.78 is 33.5. The summed E-state index contributed by atoms with van der Waals surface area (Å²) in [6.45, 7) is 2.55.